The van der Waals surface area contributed by atoms with E-state index in [1.807, 2.05) is 0 Å². The summed E-state index contributed by atoms with van der Waals surface area (Å²) in [5, 5.41) is 11.4. The molecule has 0 spiro atoms. The Bertz CT molecular complexity index is 351. The number of nitrogens with one attached hydrogen (secondary N) is 1. The maximum Gasteiger partial charge on any atom is 0.323 e. The van der Waals surface area contributed by atoms with Crippen molar-refractivity contribution in [2.24, 2.45) is 5.92 Å². The summed E-state index contributed by atoms with van der Waals surface area (Å²) in [5.74, 6) is -0.964. The first-order chi connectivity index (χ1) is 8.06. The predicted octanol–water partition coefficient (Wildman–Crippen LogP) is -0.412. The van der Waals surface area contributed by atoms with Gasteiger partial charge in [-0.15, -0.1) is 0 Å². The molecule has 1 aliphatic carbocycles. The van der Waals surface area contributed by atoms with Crippen molar-refractivity contribution in [1.82, 2.24) is 10.2 Å². The minimum Gasteiger partial charge on any atom is -0.480 e. The maximum atomic E-state index is 12.0. The van der Waals surface area contributed by atoms with Gasteiger partial charge in [0, 0.05) is 13.0 Å². The molecule has 1 atom stereocenters. The highest BCUT2D eigenvalue weighted by Gasteiger charge is 2.34. The Kier molecular flexibility index (Phi) is 3.31. The van der Waals surface area contributed by atoms with Gasteiger partial charge in [-0.3, -0.25) is 14.4 Å². The first-order valence-corrected chi connectivity index (χ1v) is 5.86. The number of carboxylic acids is 1. The van der Waals surface area contributed by atoms with E-state index in [1.54, 1.807) is 0 Å². The number of hydrogen-bond donors (Lipinski definition) is 2. The molecule has 94 valence electrons. The third kappa shape index (κ3) is 3.18. The molecular formula is C11H16N2O4. The van der Waals surface area contributed by atoms with Gasteiger partial charge in [-0.2, -0.15) is 0 Å². The van der Waals surface area contributed by atoms with E-state index in [4.69, 9.17) is 5.11 Å². The van der Waals surface area contributed by atoms with E-state index in [9.17, 15) is 14.4 Å². The van der Waals surface area contributed by atoms with Crippen molar-refractivity contribution in [3.8, 4) is 0 Å². The minimum absolute atomic E-state index is 0.134. The van der Waals surface area contributed by atoms with Gasteiger partial charge in [-0.1, -0.05) is 0 Å². The van der Waals surface area contributed by atoms with Gasteiger partial charge < -0.3 is 15.3 Å². The lowest BCUT2D eigenvalue weighted by molar-refractivity contribution is -0.145. The van der Waals surface area contributed by atoms with Crippen molar-refractivity contribution in [2.45, 2.75) is 31.7 Å². The van der Waals surface area contributed by atoms with Gasteiger partial charge in [-0.25, -0.2) is 0 Å². The van der Waals surface area contributed by atoms with Gasteiger partial charge in [0.15, 0.2) is 0 Å². The summed E-state index contributed by atoms with van der Waals surface area (Å²) in [6.45, 7) is 0.221. The number of rotatable bonds is 5. The minimum atomic E-state index is -1.01. The van der Waals surface area contributed by atoms with Gasteiger partial charge in [-0.05, 0) is 25.2 Å². The molecule has 17 heavy (non-hydrogen) atoms. The molecule has 1 saturated heterocycles. The lowest BCUT2D eigenvalue weighted by Gasteiger charge is -2.23. The van der Waals surface area contributed by atoms with E-state index in [2.05, 4.69) is 5.32 Å². The maximum absolute atomic E-state index is 12.0. The van der Waals surface area contributed by atoms with Crippen molar-refractivity contribution >= 4 is 17.8 Å². The Morgan fingerprint density at radius 2 is 2.06 bits per heavy atom. The molecule has 1 heterocycles. The Balaban J connectivity index is 1.95. The van der Waals surface area contributed by atoms with Crippen LogP contribution in [0.2, 0.25) is 0 Å². The highest BCUT2D eigenvalue weighted by molar-refractivity contribution is 5.92. The molecule has 0 radical (unpaired) electrons. The van der Waals surface area contributed by atoms with E-state index in [0.29, 0.717) is 25.3 Å². The van der Waals surface area contributed by atoms with Crippen molar-refractivity contribution in [1.29, 1.82) is 0 Å². The molecule has 1 aliphatic heterocycles. The summed E-state index contributed by atoms with van der Waals surface area (Å²) in [5.41, 5.74) is 0. The lowest BCUT2D eigenvalue weighted by atomic mass is 10.2. The Hall–Kier alpha value is -1.59. The van der Waals surface area contributed by atoms with E-state index in [1.165, 1.54) is 4.90 Å². The summed E-state index contributed by atoms with van der Waals surface area (Å²) >= 11 is 0. The van der Waals surface area contributed by atoms with E-state index < -0.39 is 12.0 Å². The second-order valence-electron chi connectivity index (χ2n) is 4.71. The van der Waals surface area contributed by atoms with E-state index in [-0.39, 0.29) is 18.4 Å². The molecular weight excluding hydrogens is 224 g/mol. The van der Waals surface area contributed by atoms with Crippen LogP contribution in [0.1, 0.15) is 25.7 Å². The van der Waals surface area contributed by atoms with Crippen LogP contribution in [0.4, 0.5) is 0 Å². The predicted molar refractivity (Wildman–Crippen MR) is 58.1 cm³/mol. The SMILES string of the molecule is O=C(O)CN(CC1CC1)C(=O)[C@@H]1CCC(=O)N1. The fourth-order valence-electron chi connectivity index (χ4n) is 2.03. The third-order valence-corrected chi connectivity index (χ3v) is 3.11. The average Bonchev–Trinajstić information content (AvgIpc) is 2.96. The molecule has 2 rings (SSSR count). The highest BCUT2D eigenvalue weighted by atomic mass is 16.4. The normalized spacial score (nSPS) is 23.3. The fourth-order valence-corrected chi connectivity index (χ4v) is 2.03. The van der Waals surface area contributed by atoms with Crippen LogP contribution in [0.5, 0.6) is 0 Å². The monoisotopic (exact) mass is 240 g/mol. The highest BCUT2D eigenvalue weighted by Crippen LogP contribution is 2.30. The summed E-state index contributed by atoms with van der Waals surface area (Å²) < 4.78 is 0. The number of hydrogen-bond acceptors (Lipinski definition) is 3. The molecule has 0 aromatic carbocycles. The van der Waals surface area contributed by atoms with Gasteiger partial charge in [0.25, 0.3) is 0 Å². The smallest absolute Gasteiger partial charge is 0.323 e. The molecule has 2 amide bonds. The quantitative estimate of drug-likeness (QED) is 0.684. The van der Waals surface area contributed by atoms with Crippen molar-refractivity contribution in [3.05, 3.63) is 0 Å². The third-order valence-electron chi connectivity index (χ3n) is 3.11. The van der Waals surface area contributed by atoms with Crippen molar-refractivity contribution in [2.75, 3.05) is 13.1 Å². The van der Waals surface area contributed by atoms with Crippen LogP contribution in [0.15, 0.2) is 0 Å². The molecule has 6 heteroatoms. The second-order valence-corrected chi connectivity index (χ2v) is 4.71. The largest absolute Gasteiger partial charge is 0.480 e. The van der Waals surface area contributed by atoms with Crippen LogP contribution in [0, 0.1) is 5.92 Å². The molecule has 0 unspecified atom stereocenters. The molecule has 6 nitrogen and oxygen atoms in total. The first-order valence-electron chi connectivity index (χ1n) is 5.86. The molecule has 1 saturated carbocycles. The van der Waals surface area contributed by atoms with Gasteiger partial charge >= 0.3 is 5.97 Å². The van der Waals surface area contributed by atoms with Crippen LogP contribution >= 0.6 is 0 Å². The van der Waals surface area contributed by atoms with E-state index in [0.717, 1.165) is 12.8 Å². The molecule has 2 fully saturated rings. The number of amides is 2. The van der Waals surface area contributed by atoms with Gasteiger partial charge in [0.05, 0.1) is 0 Å². The number of aliphatic carboxylic acids is 1. The first kappa shape index (κ1) is 11.9. The van der Waals surface area contributed by atoms with Crippen molar-refractivity contribution < 1.29 is 19.5 Å². The number of carbonyl (C=O) groups excluding carboxylic acids is 2. The zero-order valence-electron chi connectivity index (χ0n) is 9.52. The lowest BCUT2D eigenvalue weighted by Crippen LogP contribution is -2.47. The van der Waals surface area contributed by atoms with Crippen molar-refractivity contribution in [3.63, 3.8) is 0 Å². The number of nitrogens with zero attached hydrogens (tertiary/aromatic N) is 1. The Morgan fingerprint density at radius 3 is 2.53 bits per heavy atom. The van der Waals surface area contributed by atoms with Crippen LogP contribution < -0.4 is 5.32 Å². The fraction of sp³-hybridized carbons (Fsp3) is 0.727. The van der Waals surface area contributed by atoms with Gasteiger partial charge in [0.2, 0.25) is 11.8 Å². The molecule has 0 aromatic heterocycles. The standard InChI is InChI=1S/C11H16N2O4/c14-9-4-3-8(12-9)11(17)13(6-10(15)16)5-7-1-2-7/h7-8H,1-6H2,(H,12,14)(H,15,16)/t8-/m0/s1. The summed E-state index contributed by atoms with van der Waals surface area (Å²) in [7, 11) is 0. The Labute approximate surface area is 99.0 Å². The number of carboxylic acid groups (broad SMARTS) is 1. The van der Waals surface area contributed by atoms with Crippen LogP contribution in [0.3, 0.4) is 0 Å². The molecule has 0 bridgehead atoms. The summed E-state index contributed by atoms with van der Waals surface area (Å²) in [6.07, 6.45) is 2.93. The second kappa shape index (κ2) is 4.73. The van der Waals surface area contributed by atoms with Crippen LogP contribution in [-0.2, 0) is 14.4 Å². The average molecular weight is 240 g/mol. The zero-order chi connectivity index (χ0) is 12.4. The summed E-state index contributed by atoms with van der Waals surface area (Å²) in [4.78, 5) is 35.1. The zero-order valence-corrected chi connectivity index (χ0v) is 9.52. The van der Waals surface area contributed by atoms with Crippen LogP contribution in [0.25, 0.3) is 0 Å². The number of carbonyl (C=O) groups is 3. The summed E-state index contributed by atoms with van der Waals surface area (Å²) in [6, 6.07) is -0.527. The topological polar surface area (TPSA) is 86.7 Å². The van der Waals surface area contributed by atoms with Gasteiger partial charge in [0.1, 0.15) is 12.6 Å². The Morgan fingerprint density at radius 1 is 1.35 bits per heavy atom. The molecule has 0 aromatic rings. The van der Waals surface area contributed by atoms with Crippen LogP contribution in [-0.4, -0.2) is 46.9 Å². The molecule has 2 aliphatic rings. The van der Waals surface area contributed by atoms with E-state index >= 15 is 0 Å². The molecule has 2 N–H and O–H groups in total.